The Bertz CT molecular complexity index is 706. The standard InChI is InChI=1S/C18H24N4O2S.ClH/c1-12(2)16(19)17(24)21-10-15(23)20-9-8-14-11-25-18(22-14)13-6-4-3-5-7-13;/h3-7,11-12,16H,8-10,19H2,1-2H3,(H,20,23)(H,21,24);1H/t16-;/m0./s1. The number of nitrogens with zero attached hydrogens (tertiary/aromatic N) is 1. The number of rotatable bonds is 8. The SMILES string of the molecule is CC(C)[C@H](N)C(=O)NCC(=O)NCCc1csc(-c2ccccc2)n1.Cl. The third kappa shape index (κ3) is 6.74. The minimum Gasteiger partial charge on any atom is -0.354 e. The van der Waals surface area contributed by atoms with Gasteiger partial charge in [0.2, 0.25) is 11.8 Å². The molecule has 0 fully saturated rings. The number of aromatic nitrogens is 1. The molecule has 0 saturated carbocycles. The minimum absolute atomic E-state index is 0. The number of halogens is 1. The largest absolute Gasteiger partial charge is 0.354 e. The fourth-order valence-electron chi connectivity index (χ4n) is 2.12. The first kappa shape index (κ1) is 22.1. The predicted molar refractivity (Wildman–Crippen MR) is 107 cm³/mol. The summed E-state index contributed by atoms with van der Waals surface area (Å²) in [5.41, 5.74) is 7.75. The number of thiazole rings is 1. The van der Waals surface area contributed by atoms with E-state index in [1.165, 1.54) is 0 Å². The van der Waals surface area contributed by atoms with Crippen LogP contribution in [-0.2, 0) is 16.0 Å². The van der Waals surface area contributed by atoms with E-state index in [0.717, 1.165) is 16.3 Å². The van der Waals surface area contributed by atoms with Gasteiger partial charge < -0.3 is 16.4 Å². The summed E-state index contributed by atoms with van der Waals surface area (Å²) < 4.78 is 0. The Labute approximate surface area is 164 Å². The molecule has 0 aliphatic carbocycles. The van der Waals surface area contributed by atoms with Gasteiger partial charge in [0, 0.05) is 23.9 Å². The van der Waals surface area contributed by atoms with Gasteiger partial charge in [-0.3, -0.25) is 9.59 Å². The highest BCUT2D eigenvalue weighted by Crippen LogP contribution is 2.23. The van der Waals surface area contributed by atoms with E-state index in [9.17, 15) is 9.59 Å². The van der Waals surface area contributed by atoms with Crippen molar-refractivity contribution in [1.29, 1.82) is 0 Å². The molecule has 1 heterocycles. The molecule has 0 spiro atoms. The second kappa shape index (κ2) is 10.9. The van der Waals surface area contributed by atoms with Crippen LogP contribution in [0.25, 0.3) is 10.6 Å². The van der Waals surface area contributed by atoms with E-state index in [1.54, 1.807) is 11.3 Å². The van der Waals surface area contributed by atoms with Gasteiger partial charge in [-0.1, -0.05) is 44.2 Å². The molecule has 6 nitrogen and oxygen atoms in total. The molecule has 1 aromatic heterocycles. The lowest BCUT2D eigenvalue weighted by atomic mass is 10.1. The van der Waals surface area contributed by atoms with Crippen LogP contribution in [0.15, 0.2) is 35.7 Å². The van der Waals surface area contributed by atoms with Crippen molar-refractivity contribution in [1.82, 2.24) is 15.6 Å². The van der Waals surface area contributed by atoms with Crippen LogP contribution >= 0.6 is 23.7 Å². The van der Waals surface area contributed by atoms with Crippen LogP contribution in [0.5, 0.6) is 0 Å². The summed E-state index contributed by atoms with van der Waals surface area (Å²) in [5, 5.41) is 8.29. The van der Waals surface area contributed by atoms with Gasteiger partial charge in [-0.05, 0) is 5.92 Å². The Morgan fingerprint density at radius 1 is 1.19 bits per heavy atom. The summed E-state index contributed by atoms with van der Waals surface area (Å²) in [7, 11) is 0. The van der Waals surface area contributed by atoms with Crippen molar-refractivity contribution in [2.75, 3.05) is 13.1 Å². The number of hydrogen-bond donors (Lipinski definition) is 3. The first-order valence-corrected chi connectivity index (χ1v) is 9.15. The van der Waals surface area contributed by atoms with Crippen LogP contribution in [-0.4, -0.2) is 35.9 Å². The summed E-state index contributed by atoms with van der Waals surface area (Å²) in [6.07, 6.45) is 0.647. The van der Waals surface area contributed by atoms with E-state index in [2.05, 4.69) is 15.6 Å². The maximum absolute atomic E-state index is 11.8. The first-order valence-electron chi connectivity index (χ1n) is 8.27. The number of amides is 2. The van der Waals surface area contributed by atoms with Crippen LogP contribution in [0.2, 0.25) is 0 Å². The summed E-state index contributed by atoms with van der Waals surface area (Å²) in [6.45, 7) is 4.14. The van der Waals surface area contributed by atoms with E-state index in [1.807, 2.05) is 49.6 Å². The van der Waals surface area contributed by atoms with Crippen molar-refractivity contribution in [3.8, 4) is 10.6 Å². The van der Waals surface area contributed by atoms with Gasteiger partial charge in [-0.15, -0.1) is 23.7 Å². The lowest BCUT2D eigenvalue weighted by Crippen LogP contribution is -2.47. The van der Waals surface area contributed by atoms with Crippen LogP contribution < -0.4 is 16.4 Å². The molecule has 8 heteroatoms. The zero-order chi connectivity index (χ0) is 18.2. The normalized spacial score (nSPS) is 11.5. The van der Waals surface area contributed by atoms with E-state index in [4.69, 9.17) is 5.73 Å². The molecule has 2 aromatic rings. The van der Waals surface area contributed by atoms with Crippen LogP contribution in [0, 0.1) is 5.92 Å². The summed E-state index contributed by atoms with van der Waals surface area (Å²) >= 11 is 1.59. The van der Waals surface area contributed by atoms with Crippen molar-refractivity contribution >= 4 is 35.6 Å². The average Bonchev–Trinajstić information content (AvgIpc) is 3.08. The maximum Gasteiger partial charge on any atom is 0.239 e. The van der Waals surface area contributed by atoms with Crippen molar-refractivity contribution in [2.45, 2.75) is 26.3 Å². The predicted octanol–water partition coefficient (Wildman–Crippen LogP) is 1.99. The Morgan fingerprint density at radius 2 is 1.88 bits per heavy atom. The van der Waals surface area contributed by atoms with Crippen LogP contribution in [0.4, 0.5) is 0 Å². The van der Waals surface area contributed by atoms with Gasteiger partial charge in [-0.2, -0.15) is 0 Å². The number of carbonyl (C=O) groups is 2. The molecule has 0 aliphatic rings. The van der Waals surface area contributed by atoms with E-state index >= 15 is 0 Å². The van der Waals surface area contributed by atoms with Crippen molar-refractivity contribution in [3.05, 3.63) is 41.4 Å². The number of nitrogens with one attached hydrogen (secondary N) is 2. The molecule has 0 bridgehead atoms. The van der Waals surface area contributed by atoms with Gasteiger partial charge in [0.1, 0.15) is 5.01 Å². The lowest BCUT2D eigenvalue weighted by molar-refractivity contribution is -0.127. The molecular weight excluding hydrogens is 372 g/mol. The summed E-state index contributed by atoms with van der Waals surface area (Å²) in [5.74, 6) is -0.508. The van der Waals surface area contributed by atoms with E-state index < -0.39 is 6.04 Å². The van der Waals surface area contributed by atoms with Gasteiger partial charge in [0.15, 0.2) is 0 Å². The molecule has 1 atom stereocenters. The Hall–Kier alpha value is -1.96. The van der Waals surface area contributed by atoms with E-state index in [-0.39, 0.29) is 36.7 Å². The molecule has 0 aliphatic heterocycles. The van der Waals surface area contributed by atoms with Crippen molar-refractivity contribution in [2.24, 2.45) is 11.7 Å². The number of nitrogens with two attached hydrogens (primary N) is 1. The molecule has 4 N–H and O–H groups in total. The molecule has 0 saturated heterocycles. The highest BCUT2D eigenvalue weighted by molar-refractivity contribution is 7.13. The Balaban J connectivity index is 0.00000338. The van der Waals surface area contributed by atoms with Crippen LogP contribution in [0.1, 0.15) is 19.5 Å². The molecule has 2 rings (SSSR count). The molecule has 0 unspecified atom stereocenters. The molecule has 0 radical (unpaired) electrons. The van der Waals surface area contributed by atoms with Crippen molar-refractivity contribution in [3.63, 3.8) is 0 Å². The topological polar surface area (TPSA) is 97.1 Å². The zero-order valence-electron chi connectivity index (χ0n) is 14.9. The molecule has 2 amide bonds. The summed E-state index contributed by atoms with van der Waals surface area (Å²) in [4.78, 5) is 28.0. The number of carbonyl (C=O) groups excluding carboxylic acids is 2. The molecular formula is C18H25ClN4O2S. The third-order valence-electron chi connectivity index (χ3n) is 3.72. The fraction of sp³-hybridized carbons (Fsp3) is 0.389. The average molecular weight is 397 g/mol. The second-order valence-electron chi connectivity index (χ2n) is 6.10. The second-order valence-corrected chi connectivity index (χ2v) is 6.96. The quantitative estimate of drug-likeness (QED) is 0.635. The smallest absolute Gasteiger partial charge is 0.239 e. The van der Waals surface area contributed by atoms with Crippen LogP contribution in [0.3, 0.4) is 0 Å². The Kier molecular flexibility index (Phi) is 9.26. The highest BCUT2D eigenvalue weighted by atomic mass is 35.5. The van der Waals surface area contributed by atoms with Gasteiger partial charge in [0.05, 0.1) is 18.3 Å². The first-order chi connectivity index (χ1) is 12.0. The summed E-state index contributed by atoms with van der Waals surface area (Å²) in [6, 6.07) is 9.38. The molecule has 1 aromatic carbocycles. The fourth-order valence-corrected chi connectivity index (χ4v) is 2.98. The Morgan fingerprint density at radius 3 is 2.54 bits per heavy atom. The molecule has 26 heavy (non-hydrogen) atoms. The van der Waals surface area contributed by atoms with Crippen molar-refractivity contribution < 1.29 is 9.59 Å². The number of hydrogen-bond acceptors (Lipinski definition) is 5. The monoisotopic (exact) mass is 396 g/mol. The van der Waals surface area contributed by atoms with Gasteiger partial charge in [-0.25, -0.2) is 4.98 Å². The van der Waals surface area contributed by atoms with Gasteiger partial charge in [0.25, 0.3) is 0 Å². The molecule has 142 valence electrons. The number of benzene rings is 1. The maximum atomic E-state index is 11.8. The highest BCUT2D eigenvalue weighted by Gasteiger charge is 2.17. The third-order valence-corrected chi connectivity index (χ3v) is 4.66. The zero-order valence-corrected chi connectivity index (χ0v) is 16.5. The van der Waals surface area contributed by atoms with E-state index in [0.29, 0.717) is 13.0 Å². The minimum atomic E-state index is -0.598. The lowest BCUT2D eigenvalue weighted by Gasteiger charge is -2.15. The van der Waals surface area contributed by atoms with Gasteiger partial charge >= 0.3 is 0 Å².